The lowest BCUT2D eigenvalue weighted by molar-refractivity contribution is 0.370. The lowest BCUT2D eigenvalue weighted by Crippen LogP contribution is -2.09. The molecule has 0 heterocycles. The summed E-state index contributed by atoms with van der Waals surface area (Å²) in [6.45, 7) is 0. The smallest absolute Gasteiger partial charge is 0.200 e. The fourth-order valence-electron chi connectivity index (χ4n) is 1.78. The van der Waals surface area contributed by atoms with Crippen molar-refractivity contribution in [2.75, 3.05) is 7.11 Å². The molecule has 0 aliphatic heterocycles. The van der Waals surface area contributed by atoms with Crippen molar-refractivity contribution in [2.45, 2.75) is 5.38 Å². The Labute approximate surface area is 121 Å². The zero-order valence-electron chi connectivity index (χ0n) is 10.6. The molecule has 0 aromatic heterocycles. The summed E-state index contributed by atoms with van der Waals surface area (Å²) in [6.07, 6.45) is 0. The highest BCUT2D eigenvalue weighted by Crippen LogP contribution is 2.36. The third kappa shape index (κ3) is 2.68. The minimum atomic E-state index is -2.22. The van der Waals surface area contributed by atoms with Crippen LogP contribution in [0.4, 0.5) is 22.0 Å². The van der Waals surface area contributed by atoms with Crippen LogP contribution in [-0.2, 0) is 0 Å². The number of benzene rings is 2. The first-order valence-electron chi connectivity index (χ1n) is 5.67. The average Bonchev–Trinajstić information content (AvgIpc) is 2.51. The second kappa shape index (κ2) is 5.89. The molecule has 0 saturated carbocycles. The molecule has 112 valence electrons. The first kappa shape index (κ1) is 15.6. The van der Waals surface area contributed by atoms with Gasteiger partial charge in [0.25, 0.3) is 0 Å². The number of rotatable bonds is 3. The third-order valence-electron chi connectivity index (χ3n) is 2.91. The van der Waals surface area contributed by atoms with E-state index in [1.165, 1.54) is 31.4 Å². The van der Waals surface area contributed by atoms with Crippen LogP contribution < -0.4 is 4.74 Å². The predicted molar refractivity (Wildman–Crippen MR) is 66.9 cm³/mol. The summed E-state index contributed by atoms with van der Waals surface area (Å²) in [5.41, 5.74) is -0.918. The Morgan fingerprint density at radius 1 is 0.810 bits per heavy atom. The molecule has 1 nitrogen and oxygen atoms in total. The maximum atomic E-state index is 13.7. The Kier molecular flexibility index (Phi) is 4.37. The van der Waals surface area contributed by atoms with Crippen molar-refractivity contribution in [1.82, 2.24) is 0 Å². The molecule has 0 saturated heterocycles. The zero-order chi connectivity index (χ0) is 15.7. The molecule has 0 N–H and O–H groups in total. The highest BCUT2D eigenvalue weighted by Gasteiger charge is 2.30. The second-order valence-corrected chi connectivity index (χ2v) is 4.56. The summed E-state index contributed by atoms with van der Waals surface area (Å²) in [4.78, 5) is 0. The summed E-state index contributed by atoms with van der Waals surface area (Å²) in [7, 11) is 1.41. The fraction of sp³-hybridized carbons (Fsp3) is 0.143. The van der Waals surface area contributed by atoms with Crippen LogP contribution in [0.1, 0.15) is 16.5 Å². The third-order valence-corrected chi connectivity index (χ3v) is 3.38. The number of ether oxygens (including phenoxy) is 1. The van der Waals surface area contributed by atoms with Gasteiger partial charge in [0.1, 0.15) is 5.75 Å². The van der Waals surface area contributed by atoms with Gasteiger partial charge in [0.05, 0.1) is 18.1 Å². The molecular formula is C14H8ClF5O. The Morgan fingerprint density at radius 2 is 1.24 bits per heavy atom. The van der Waals surface area contributed by atoms with E-state index < -0.39 is 40.0 Å². The SMILES string of the molecule is COc1ccc(C(Cl)c2c(F)c(F)c(F)c(F)c2F)cc1. The van der Waals surface area contributed by atoms with E-state index in [2.05, 4.69) is 0 Å². The first-order chi connectivity index (χ1) is 9.88. The van der Waals surface area contributed by atoms with Crippen LogP contribution in [0.5, 0.6) is 5.75 Å². The van der Waals surface area contributed by atoms with E-state index in [0.29, 0.717) is 5.75 Å². The summed E-state index contributed by atoms with van der Waals surface area (Å²) in [5.74, 6) is -9.69. The normalized spacial score (nSPS) is 12.3. The van der Waals surface area contributed by atoms with Crippen molar-refractivity contribution in [3.63, 3.8) is 0 Å². The van der Waals surface area contributed by atoms with Crippen LogP contribution in [0.3, 0.4) is 0 Å². The van der Waals surface area contributed by atoms with Crippen LogP contribution in [0.2, 0.25) is 0 Å². The van der Waals surface area contributed by atoms with Gasteiger partial charge in [-0.2, -0.15) is 0 Å². The summed E-state index contributed by atoms with van der Waals surface area (Å²) in [5, 5.41) is -1.53. The monoisotopic (exact) mass is 322 g/mol. The topological polar surface area (TPSA) is 9.23 Å². The van der Waals surface area contributed by atoms with Gasteiger partial charge >= 0.3 is 0 Å². The maximum Gasteiger partial charge on any atom is 0.200 e. The minimum absolute atomic E-state index is 0.167. The lowest BCUT2D eigenvalue weighted by Gasteiger charge is -2.14. The molecule has 0 radical (unpaired) electrons. The van der Waals surface area contributed by atoms with Gasteiger partial charge in [-0.15, -0.1) is 11.6 Å². The van der Waals surface area contributed by atoms with Crippen LogP contribution in [0.25, 0.3) is 0 Å². The van der Waals surface area contributed by atoms with Crippen LogP contribution in [0.15, 0.2) is 24.3 Å². The highest BCUT2D eigenvalue weighted by atomic mass is 35.5. The molecular weight excluding hydrogens is 315 g/mol. The van der Waals surface area contributed by atoms with Crippen molar-refractivity contribution in [3.8, 4) is 5.75 Å². The Bertz CT molecular complexity index is 643. The molecule has 0 aliphatic carbocycles. The number of alkyl halides is 1. The van der Waals surface area contributed by atoms with Crippen LogP contribution in [-0.4, -0.2) is 7.11 Å². The molecule has 0 fully saturated rings. The molecule has 0 aliphatic rings. The quantitative estimate of drug-likeness (QED) is 0.344. The summed E-state index contributed by atoms with van der Waals surface area (Å²) in [6, 6.07) is 5.65. The largest absolute Gasteiger partial charge is 0.497 e. The molecule has 21 heavy (non-hydrogen) atoms. The van der Waals surface area contributed by atoms with Crippen molar-refractivity contribution in [3.05, 3.63) is 64.5 Å². The van der Waals surface area contributed by atoms with Crippen molar-refractivity contribution >= 4 is 11.6 Å². The van der Waals surface area contributed by atoms with Gasteiger partial charge in [0.15, 0.2) is 23.3 Å². The Balaban J connectivity index is 2.55. The van der Waals surface area contributed by atoms with Gasteiger partial charge in [0.2, 0.25) is 5.82 Å². The number of hydrogen-bond donors (Lipinski definition) is 0. The highest BCUT2D eigenvalue weighted by molar-refractivity contribution is 6.22. The van der Waals surface area contributed by atoms with E-state index in [9.17, 15) is 22.0 Å². The Hall–Kier alpha value is -1.82. The standard InChI is InChI=1S/C14H8ClF5O/c1-21-7-4-2-6(3-5-7)9(15)8-10(16)12(18)14(20)13(19)11(8)17/h2-5,9H,1H3. The minimum Gasteiger partial charge on any atom is -0.497 e. The molecule has 2 rings (SSSR count). The Morgan fingerprint density at radius 3 is 1.67 bits per heavy atom. The van der Waals surface area contributed by atoms with Crippen LogP contribution in [0, 0.1) is 29.1 Å². The van der Waals surface area contributed by atoms with Gasteiger partial charge in [-0.3, -0.25) is 0 Å². The van der Waals surface area contributed by atoms with Crippen molar-refractivity contribution in [1.29, 1.82) is 0 Å². The zero-order valence-corrected chi connectivity index (χ0v) is 11.3. The van der Waals surface area contributed by atoms with E-state index >= 15 is 0 Å². The molecule has 0 amide bonds. The molecule has 2 aromatic carbocycles. The van der Waals surface area contributed by atoms with E-state index in [0.717, 1.165) is 0 Å². The molecule has 1 unspecified atom stereocenters. The van der Waals surface area contributed by atoms with Gasteiger partial charge < -0.3 is 4.74 Å². The fourth-order valence-corrected chi connectivity index (χ4v) is 2.12. The molecule has 0 bridgehead atoms. The van der Waals surface area contributed by atoms with Crippen molar-refractivity contribution < 1.29 is 26.7 Å². The van der Waals surface area contributed by atoms with Crippen molar-refractivity contribution in [2.24, 2.45) is 0 Å². The van der Waals surface area contributed by atoms with Gasteiger partial charge in [-0.05, 0) is 17.7 Å². The molecule has 2 aromatic rings. The molecule has 0 spiro atoms. The number of methoxy groups -OCH3 is 1. The van der Waals surface area contributed by atoms with Gasteiger partial charge in [0, 0.05) is 0 Å². The number of hydrogen-bond acceptors (Lipinski definition) is 1. The van der Waals surface area contributed by atoms with E-state index in [-0.39, 0.29) is 5.56 Å². The van der Waals surface area contributed by atoms with E-state index in [1.807, 2.05) is 0 Å². The van der Waals surface area contributed by atoms with Gasteiger partial charge in [-0.25, -0.2) is 22.0 Å². The van der Waals surface area contributed by atoms with E-state index in [4.69, 9.17) is 16.3 Å². The molecule has 7 heteroatoms. The summed E-state index contributed by atoms with van der Waals surface area (Å²) >= 11 is 5.86. The first-order valence-corrected chi connectivity index (χ1v) is 6.11. The van der Waals surface area contributed by atoms with E-state index in [1.54, 1.807) is 0 Å². The summed E-state index contributed by atoms with van der Waals surface area (Å²) < 4.78 is 71.5. The van der Waals surface area contributed by atoms with Gasteiger partial charge in [-0.1, -0.05) is 12.1 Å². The second-order valence-electron chi connectivity index (χ2n) is 4.12. The predicted octanol–water partition coefficient (Wildman–Crippen LogP) is 4.72. The van der Waals surface area contributed by atoms with Crippen LogP contribution >= 0.6 is 11.6 Å². The number of halogens is 6. The lowest BCUT2D eigenvalue weighted by atomic mass is 10.0. The average molecular weight is 323 g/mol. The molecule has 1 atom stereocenters. The maximum absolute atomic E-state index is 13.7.